The number of ether oxygens (including phenoxy) is 2. The van der Waals surface area contributed by atoms with Crippen LogP contribution < -0.4 is 0 Å². The van der Waals surface area contributed by atoms with Crippen molar-refractivity contribution in [3.63, 3.8) is 0 Å². The lowest BCUT2D eigenvalue weighted by atomic mass is 10.0. The van der Waals surface area contributed by atoms with E-state index in [0.29, 0.717) is 0 Å². The predicted molar refractivity (Wildman–Crippen MR) is 69.2 cm³/mol. The largest absolute Gasteiger partial charge is 0.481 e. The monoisotopic (exact) mass is 254 g/mol. The lowest BCUT2D eigenvalue weighted by molar-refractivity contribution is -0.139. The summed E-state index contributed by atoms with van der Waals surface area (Å²) in [5.74, 6) is -1.24. The highest BCUT2D eigenvalue weighted by Gasteiger charge is 2.38. The number of allylic oxidation sites excluding steroid dienone is 1. The smallest absolute Gasteiger partial charge is 0.303 e. The van der Waals surface area contributed by atoms with Crippen molar-refractivity contribution in [1.82, 2.24) is 0 Å². The first-order valence-corrected chi connectivity index (χ1v) is 6.20. The Morgan fingerprint density at radius 2 is 2.06 bits per heavy atom. The zero-order chi connectivity index (χ0) is 13.8. The molecule has 1 rings (SSSR count). The average molecular weight is 254 g/mol. The highest BCUT2D eigenvalue weighted by molar-refractivity contribution is 5.66. The molecule has 1 fully saturated rings. The predicted octanol–water partition coefficient (Wildman–Crippen LogP) is 2.75. The van der Waals surface area contributed by atoms with E-state index < -0.39 is 11.8 Å². The van der Waals surface area contributed by atoms with Crippen LogP contribution in [0.15, 0.2) is 24.8 Å². The molecule has 1 heterocycles. The van der Waals surface area contributed by atoms with Crippen LogP contribution in [0.2, 0.25) is 0 Å². The molecule has 0 aliphatic carbocycles. The summed E-state index contributed by atoms with van der Waals surface area (Å²) in [7, 11) is 0. The molecule has 0 saturated carbocycles. The number of hydrogen-bond donors (Lipinski definition) is 1. The van der Waals surface area contributed by atoms with Crippen LogP contribution in [0.4, 0.5) is 0 Å². The maximum absolute atomic E-state index is 10.5. The van der Waals surface area contributed by atoms with Crippen molar-refractivity contribution in [3.05, 3.63) is 24.8 Å². The Balaban J connectivity index is 2.46. The number of carboxylic acids is 1. The SMILES string of the molecule is C=C[C@@H]1OC(C)(C)O[C@H]1/C=C/C[C@H](C)CC(=O)O. The van der Waals surface area contributed by atoms with Crippen LogP contribution >= 0.6 is 0 Å². The summed E-state index contributed by atoms with van der Waals surface area (Å²) in [5, 5.41) is 8.66. The Morgan fingerprint density at radius 1 is 1.44 bits per heavy atom. The summed E-state index contributed by atoms with van der Waals surface area (Å²) in [4.78, 5) is 10.5. The van der Waals surface area contributed by atoms with Crippen LogP contribution in [0.25, 0.3) is 0 Å². The third-order valence-electron chi connectivity index (χ3n) is 2.78. The van der Waals surface area contributed by atoms with Crippen molar-refractivity contribution in [2.75, 3.05) is 0 Å². The van der Waals surface area contributed by atoms with Crippen molar-refractivity contribution < 1.29 is 19.4 Å². The van der Waals surface area contributed by atoms with E-state index in [1.54, 1.807) is 6.08 Å². The van der Waals surface area contributed by atoms with Crippen molar-refractivity contribution in [2.24, 2.45) is 5.92 Å². The van der Waals surface area contributed by atoms with Gasteiger partial charge in [0.15, 0.2) is 5.79 Å². The maximum Gasteiger partial charge on any atom is 0.303 e. The van der Waals surface area contributed by atoms with Crippen LogP contribution in [0.3, 0.4) is 0 Å². The van der Waals surface area contributed by atoms with Gasteiger partial charge in [0.25, 0.3) is 0 Å². The van der Waals surface area contributed by atoms with Crippen LogP contribution in [-0.4, -0.2) is 29.1 Å². The standard InChI is InChI=1S/C14H22O4/c1-5-11-12(18-14(3,4)17-11)8-6-7-10(2)9-13(15)16/h5-6,8,10-12H,1,7,9H2,2-4H3,(H,15,16)/b8-6+/t10-,11-,12-/m0/s1. The molecule has 1 N–H and O–H groups in total. The zero-order valence-corrected chi connectivity index (χ0v) is 11.3. The summed E-state index contributed by atoms with van der Waals surface area (Å²) in [6.07, 6.45) is 6.23. The molecular weight excluding hydrogens is 232 g/mol. The van der Waals surface area contributed by atoms with E-state index in [1.165, 1.54) is 0 Å². The molecule has 0 aromatic rings. The molecule has 1 aliphatic rings. The molecule has 0 bridgehead atoms. The van der Waals surface area contributed by atoms with Gasteiger partial charge in [-0.3, -0.25) is 4.79 Å². The lowest BCUT2D eigenvalue weighted by Gasteiger charge is -2.15. The van der Waals surface area contributed by atoms with Gasteiger partial charge in [0.2, 0.25) is 0 Å². The third kappa shape index (κ3) is 4.63. The topological polar surface area (TPSA) is 55.8 Å². The van der Waals surface area contributed by atoms with Gasteiger partial charge in [-0.1, -0.05) is 25.2 Å². The van der Waals surface area contributed by atoms with Gasteiger partial charge in [-0.25, -0.2) is 0 Å². The van der Waals surface area contributed by atoms with Crippen molar-refractivity contribution in [1.29, 1.82) is 0 Å². The van der Waals surface area contributed by atoms with Gasteiger partial charge in [0, 0.05) is 6.42 Å². The van der Waals surface area contributed by atoms with E-state index in [4.69, 9.17) is 14.6 Å². The normalized spacial score (nSPS) is 28.4. The first kappa shape index (κ1) is 14.9. The molecule has 102 valence electrons. The quantitative estimate of drug-likeness (QED) is 0.740. The summed E-state index contributed by atoms with van der Waals surface area (Å²) in [6.45, 7) is 9.37. The molecular formula is C14H22O4. The molecule has 0 aromatic carbocycles. The first-order chi connectivity index (χ1) is 8.34. The minimum Gasteiger partial charge on any atom is -0.481 e. The number of carboxylic acid groups (broad SMARTS) is 1. The maximum atomic E-state index is 10.5. The second-order valence-electron chi connectivity index (χ2n) is 5.17. The average Bonchev–Trinajstić information content (AvgIpc) is 2.52. The molecule has 0 amide bonds. The van der Waals surface area contributed by atoms with Crippen LogP contribution in [0.5, 0.6) is 0 Å². The van der Waals surface area contributed by atoms with Crippen molar-refractivity contribution in [3.8, 4) is 0 Å². The summed E-state index contributed by atoms with van der Waals surface area (Å²) >= 11 is 0. The zero-order valence-electron chi connectivity index (χ0n) is 11.3. The van der Waals surface area contributed by atoms with E-state index in [-0.39, 0.29) is 24.5 Å². The highest BCUT2D eigenvalue weighted by atomic mass is 16.7. The molecule has 18 heavy (non-hydrogen) atoms. The number of hydrogen-bond acceptors (Lipinski definition) is 3. The molecule has 4 heteroatoms. The minimum atomic E-state index is -0.763. The molecule has 4 nitrogen and oxygen atoms in total. The summed E-state index contributed by atoms with van der Waals surface area (Å²) in [5.41, 5.74) is 0. The molecule has 0 aromatic heterocycles. The fourth-order valence-electron chi connectivity index (χ4n) is 1.97. The fourth-order valence-corrected chi connectivity index (χ4v) is 1.97. The molecule has 0 spiro atoms. The Labute approximate surface area is 108 Å². The van der Waals surface area contributed by atoms with Gasteiger partial charge in [-0.15, -0.1) is 6.58 Å². The minimum absolute atomic E-state index is 0.122. The second-order valence-corrected chi connectivity index (χ2v) is 5.17. The van der Waals surface area contributed by atoms with Crippen LogP contribution in [0.1, 0.15) is 33.6 Å². The first-order valence-electron chi connectivity index (χ1n) is 6.20. The number of aliphatic carboxylic acids is 1. The number of carbonyl (C=O) groups is 1. The lowest BCUT2D eigenvalue weighted by Crippen LogP contribution is -2.20. The molecule has 1 saturated heterocycles. The molecule has 1 aliphatic heterocycles. The second kappa shape index (κ2) is 6.16. The Bertz CT molecular complexity index is 333. The van der Waals surface area contributed by atoms with E-state index in [0.717, 1.165) is 6.42 Å². The molecule has 0 radical (unpaired) electrons. The van der Waals surface area contributed by atoms with E-state index in [1.807, 2.05) is 32.9 Å². The van der Waals surface area contributed by atoms with Crippen molar-refractivity contribution in [2.45, 2.75) is 51.6 Å². The van der Waals surface area contributed by atoms with Crippen LogP contribution in [-0.2, 0) is 14.3 Å². The summed E-state index contributed by atoms with van der Waals surface area (Å²) < 4.78 is 11.4. The van der Waals surface area contributed by atoms with Gasteiger partial charge in [0.05, 0.1) is 0 Å². The van der Waals surface area contributed by atoms with Gasteiger partial charge in [-0.2, -0.15) is 0 Å². The number of rotatable bonds is 6. The van der Waals surface area contributed by atoms with Crippen LogP contribution in [0, 0.1) is 5.92 Å². The molecule has 0 unspecified atom stereocenters. The fraction of sp³-hybridized carbons (Fsp3) is 0.643. The summed E-state index contributed by atoms with van der Waals surface area (Å²) in [6, 6.07) is 0. The highest BCUT2D eigenvalue weighted by Crippen LogP contribution is 2.29. The Kier molecular flexibility index (Phi) is 5.11. The van der Waals surface area contributed by atoms with E-state index in [2.05, 4.69) is 6.58 Å². The van der Waals surface area contributed by atoms with Crippen molar-refractivity contribution >= 4 is 5.97 Å². The third-order valence-corrected chi connectivity index (χ3v) is 2.78. The Morgan fingerprint density at radius 3 is 2.61 bits per heavy atom. The van der Waals surface area contributed by atoms with Gasteiger partial charge in [0.1, 0.15) is 12.2 Å². The van der Waals surface area contributed by atoms with Gasteiger partial charge >= 0.3 is 5.97 Å². The van der Waals surface area contributed by atoms with E-state index in [9.17, 15) is 4.79 Å². The Hall–Kier alpha value is -1.13. The van der Waals surface area contributed by atoms with Gasteiger partial charge in [-0.05, 0) is 26.2 Å². The van der Waals surface area contributed by atoms with E-state index >= 15 is 0 Å². The van der Waals surface area contributed by atoms with Gasteiger partial charge < -0.3 is 14.6 Å². The molecule has 3 atom stereocenters.